The molecule has 2 rings (SSSR count). The number of benzene rings is 2. The lowest BCUT2D eigenvalue weighted by molar-refractivity contribution is 0.308. The Kier molecular flexibility index (Phi) is 4.00. The molecule has 0 radical (unpaired) electrons. The van der Waals surface area contributed by atoms with E-state index in [1.54, 1.807) is 18.2 Å². The predicted octanol–water partition coefficient (Wildman–Crippen LogP) is 4.46. The van der Waals surface area contributed by atoms with E-state index in [2.05, 4.69) is 0 Å². The van der Waals surface area contributed by atoms with Crippen molar-refractivity contribution in [3.8, 4) is 5.75 Å². The van der Waals surface area contributed by atoms with Crippen molar-refractivity contribution in [3.05, 3.63) is 57.6 Å². The van der Waals surface area contributed by atoms with E-state index >= 15 is 0 Å². The second-order valence-corrected chi connectivity index (χ2v) is 4.86. The van der Waals surface area contributed by atoms with Crippen molar-refractivity contribution < 1.29 is 4.74 Å². The van der Waals surface area contributed by atoms with E-state index in [-0.39, 0.29) is 0 Å². The van der Waals surface area contributed by atoms with Gasteiger partial charge in [-0.05, 0) is 30.7 Å². The maximum atomic E-state index is 6.13. The van der Waals surface area contributed by atoms with Gasteiger partial charge in [0, 0.05) is 10.6 Å². The highest BCUT2D eigenvalue weighted by molar-refractivity contribution is 6.32. The quantitative estimate of drug-likeness (QED) is 0.843. The number of anilines is 1. The fourth-order valence-corrected chi connectivity index (χ4v) is 2.12. The Hall–Kier alpha value is -1.38. The molecule has 2 aromatic carbocycles. The molecule has 0 saturated heterocycles. The van der Waals surface area contributed by atoms with Gasteiger partial charge in [0.05, 0.1) is 10.7 Å². The van der Waals surface area contributed by atoms with Gasteiger partial charge in [-0.1, -0.05) is 41.4 Å². The summed E-state index contributed by atoms with van der Waals surface area (Å²) in [6.45, 7) is 2.33. The Bertz CT molecular complexity index is 549. The lowest BCUT2D eigenvalue weighted by Crippen LogP contribution is -2.00. The van der Waals surface area contributed by atoms with Gasteiger partial charge in [0.2, 0.25) is 0 Å². The van der Waals surface area contributed by atoms with Gasteiger partial charge in [-0.3, -0.25) is 0 Å². The standard InChI is InChI=1S/C14H13Cl2NO/c1-9-5-6-10(12(16)7-9)8-18-14-11(15)3-2-4-13(14)17/h2-7H,8,17H2,1H3. The molecule has 0 spiro atoms. The number of nitrogen functional groups attached to an aromatic ring is 1. The molecule has 2 N–H and O–H groups in total. The third-order valence-electron chi connectivity index (χ3n) is 2.58. The first-order valence-corrected chi connectivity index (χ1v) is 6.25. The lowest BCUT2D eigenvalue weighted by Gasteiger charge is -2.11. The van der Waals surface area contributed by atoms with Crippen LogP contribution in [-0.4, -0.2) is 0 Å². The second kappa shape index (κ2) is 5.51. The highest BCUT2D eigenvalue weighted by Crippen LogP contribution is 2.31. The summed E-state index contributed by atoms with van der Waals surface area (Å²) >= 11 is 12.2. The van der Waals surface area contributed by atoms with Crippen LogP contribution in [0.15, 0.2) is 36.4 Å². The molecule has 0 amide bonds. The Balaban J connectivity index is 2.16. The Morgan fingerprint density at radius 3 is 2.56 bits per heavy atom. The van der Waals surface area contributed by atoms with Crippen molar-refractivity contribution in [3.63, 3.8) is 0 Å². The van der Waals surface area contributed by atoms with Crippen molar-refractivity contribution >= 4 is 28.9 Å². The molecule has 0 fully saturated rings. The summed E-state index contributed by atoms with van der Waals surface area (Å²) in [7, 11) is 0. The minimum absolute atomic E-state index is 0.340. The van der Waals surface area contributed by atoms with Gasteiger partial charge >= 0.3 is 0 Å². The SMILES string of the molecule is Cc1ccc(COc2c(N)cccc2Cl)c(Cl)c1. The monoisotopic (exact) mass is 281 g/mol. The summed E-state index contributed by atoms with van der Waals surface area (Å²) < 4.78 is 5.63. The first-order chi connectivity index (χ1) is 8.58. The van der Waals surface area contributed by atoms with Gasteiger partial charge in [-0.2, -0.15) is 0 Å². The first kappa shape index (κ1) is 13.1. The van der Waals surface area contributed by atoms with E-state index in [1.807, 2.05) is 25.1 Å². The number of nitrogens with two attached hydrogens (primary N) is 1. The highest BCUT2D eigenvalue weighted by Gasteiger charge is 2.07. The molecule has 2 nitrogen and oxygen atoms in total. The van der Waals surface area contributed by atoms with E-state index in [4.69, 9.17) is 33.7 Å². The Labute approximate surface area is 116 Å². The number of halogens is 2. The van der Waals surface area contributed by atoms with Crippen molar-refractivity contribution in [2.45, 2.75) is 13.5 Å². The molecule has 0 aromatic heterocycles. The van der Waals surface area contributed by atoms with Crippen molar-refractivity contribution in [2.75, 3.05) is 5.73 Å². The van der Waals surface area contributed by atoms with Crippen molar-refractivity contribution in [2.24, 2.45) is 0 Å². The lowest BCUT2D eigenvalue weighted by atomic mass is 10.1. The van der Waals surface area contributed by atoms with Gasteiger partial charge in [0.25, 0.3) is 0 Å². The van der Waals surface area contributed by atoms with Crippen LogP contribution in [0, 0.1) is 6.92 Å². The summed E-state index contributed by atoms with van der Waals surface area (Å²) in [5, 5.41) is 1.18. The van der Waals surface area contributed by atoms with Gasteiger partial charge in [0.15, 0.2) is 5.75 Å². The number of ether oxygens (including phenoxy) is 1. The molecule has 0 heterocycles. The third kappa shape index (κ3) is 2.89. The van der Waals surface area contributed by atoms with Crippen LogP contribution in [0.1, 0.15) is 11.1 Å². The number of rotatable bonds is 3. The average molecular weight is 282 g/mol. The summed E-state index contributed by atoms with van der Waals surface area (Å²) in [5.74, 6) is 0.496. The van der Waals surface area contributed by atoms with E-state index in [0.29, 0.717) is 28.1 Å². The van der Waals surface area contributed by atoms with Crippen molar-refractivity contribution in [1.29, 1.82) is 0 Å². The highest BCUT2D eigenvalue weighted by atomic mass is 35.5. The average Bonchev–Trinajstić information content (AvgIpc) is 2.31. The minimum Gasteiger partial charge on any atom is -0.485 e. The van der Waals surface area contributed by atoms with E-state index in [9.17, 15) is 0 Å². The first-order valence-electron chi connectivity index (χ1n) is 5.50. The van der Waals surface area contributed by atoms with Crippen LogP contribution < -0.4 is 10.5 Å². The van der Waals surface area contributed by atoms with Crippen molar-refractivity contribution in [1.82, 2.24) is 0 Å². The molecule has 0 aliphatic carbocycles. The van der Waals surface area contributed by atoms with Gasteiger partial charge in [-0.15, -0.1) is 0 Å². The molecule has 0 unspecified atom stereocenters. The smallest absolute Gasteiger partial charge is 0.161 e. The number of hydrogen-bond acceptors (Lipinski definition) is 2. The zero-order valence-corrected chi connectivity index (χ0v) is 11.4. The largest absolute Gasteiger partial charge is 0.485 e. The maximum Gasteiger partial charge on any atom is 0.161 e. The molecule has 0 aliphatic rings. The molecule has 4 heteroatoms. The fraction of sp³-hybridized carbons (Fsp3) is 0.143. The number of aryl methyl sites for hydroxylation is 1. The molecule has 0 saturated carbocycles. The molecule has 0 bridgehead atoms. The topological polar surface area (TPSA) is 35.2 Å². The van der Waals surface area contributed by atoms with E-state index in [1.165, 1.54) is 0 Å². The molecule has 0 atom stereocenters. The summed E-state index contributed by atoms with van der Waals surface area (Å²) in [6, 6.07) is 11.1. The van der Waals surface area contributed by atoms with Gasteiger partial charge in [-0.25, -0.2) is 0 Å². The Morgan fingerprint density at radius 1 is 1.11 bits per heavy atom. The molecule has 2 aromatic rings. The molecule has 0 aliphatic heterocycles. The third-order valence-corrected chi connectivity index (χ3v) is 3.23. The second-order valence-electron chi connectivity index (χ2n) is 4.04. The zero-order chi connectivity index (χ0) is 13.1. The van der Waals surface area contributed by atoms with E-state index in [0.717, 1.165) is 11.1 Å². The van der Waals surface area contributed by atoms with Crippen LogP contribution in [0.25, 0.3) is 0 Å². The summed E-state index contributed by atoms with van der Waals surface area (Å²) in [5.41, 5.74) is 8.34. The maximum absolute atomic E-state index is 6.13. The molecule has 18 heavy (non-hydrogen) atoms. The normalized spacial score (nSPS) is 10.4. The van der Waals surface area contributed by atoms with Crippen LogP contribution in [0.4, 0.5) is 5.69 Å². The fourth-order valence-electron chi connectivity index (χ4n) is 1.60. The summed E-state index contributed by atoms with van der Waals surface area (Å²) in [6.07, 6.45) is 0. The van der Waals surface area contributed by atoms with E-state index < -0.39 is 0 Å². The summed E-state index contributed by atoms with van der Waals surface area (Å²) in [4.78, 5) is 0. The predicted molar refractivity (Wildman–Crippen MR) is 76.4 cm³/mol. The van der Waals surface area contributed by atoms with Crippen LogP contribution in [-0.2, 0) is 6.61 Å². The minimum atomic E-state index is 0.340. The van der Waals surface area contributed by atoms with Crippen LogP contribution in [0.5, 0.6) is 5.75 Å². The molecular weight excluding hydrogens is 269 g/mol. The van der Waals surface area contributed by atoms with Gasteiger partial charge in [0.1, 0.15) is 6.61 Å². The number of para-hydroxylation sites is 1. The molecule has 94 valence electrons. The zero-order valence-electron chi connectivity index (χ0n) is 9.91. The van der Waals surface area contributed by atoms with Crippen LogP contribution in [0.2, 0.25) is 10.0 Å². The molecular formula is C14H13Cl2NO. The van der Waals surface area contributed by atoms with Gasteiger partial charge < -0.3 is 10.5 Å². The Morgan fingerprint density at radius 2 is 1.89 bits per heavy atom. The van der Waals surface area contributed by atoms with Crippen LogP contribution >= 0.6 is 23.2 Å². The number of hydrogen-bond donors (Lipinski definition) is 1. The van der Waals surface area contributed by atoms with Crippen LogP contribution in [0.3, 0.4) is 0 Å².